The number of nitrogens with one attached hydrogen (secondary N) is 1. The van der Waals surface area contributed by atoms with E-state index in [1.54, 1.807) is 0 Å². The van der Waals surface area contributed by atoms with Gasteiger partial charge in [0.2, 0.25) is 6.41 Å². The first-order chi connectivity index (χ1) is 10.9. The molecule has 0 radical (unpaired) electrons. The number of aromatic nitrogens is 2. The van der Waals surface area contributed by atoms with Crippen LogP contribution in [0.4, 0.5) is 0 Å². The number of carbonyl (C=O) groups is 1. The summed E-state index contributed by atoms with van der Waals surface area (Å²) in [4.78, 5) is 15.1. The molecule has 0 aliphatic rings. The van der Waals surface area contributed by atoms with E-state index in [4.69, 9.17) is 4.98 Å². The molecular formula is C18H27N3O. The predicted octanol–water partition coefficient (Wildman–Crippen LogP) is 3.69. The molecule has 1 amide bonds. The van der Waals surface area contributed by atoms with Gasteiger partial charge in [-0.15, -0.1) is 0 Å². The summed E-state index contributed by atoms with van der Waals surface area (Å²) < 4.78 is 2.32. The van der Waals surface area contributed by atoms with E-state index in [-0.39, 0.29) is 0 Å². The van der Waals surface area contributed by atoms with Crippen LogP contribution >= 0.6 is 0 Å². The fourth-order valence-electron chi connectivity index (χ4n) is 2.86. The summed E-state index contributed by atoms with van der Waals surface area (Å²) in [5, 5.41) is 2.72. The SMILES string of the molecule is CCCCCCCCn1c(CCNC=O)nc2ccccc21. The number of fused-ring (bicyclic) bond motifs is 1. The van der Waals surface area contributed by atoms with E-state index in [9.17, 15) is 4.79 Å². The first-order valence-electron chi connectivity index (χ1n) is 8.48. The smallest absolute Gasteiger partial charge is 0.207 e. The van der Waals surface area contributed by atoms with Crippen molar-refractivity contribution in [1.29, 1.82) is 0 Å². The molecule has 1 aromatic carbocycles. The molecule has 0 aliphatic heterocycles. The van der Waals surface area contributed by atoms with E-state index in [1.165, 1.54) is 44.0 Å². The third-order valence-corrected chi connectivity index (χ3v) is 4.05. The number of imidazole rings is 1. The van der Waals surface area contributed by atoms with Crippen molar-refractivity contribution in [2.45, 2.75) is 58.4 Å². The maximum Gasteiger partial charge on any atom is 0.207 e. The molecule has 0 bridgehead atoms. The number of benzene rings is 1. The van der Waals surface area contributed by atoms with E-state index in [2.05, 4.69) is 35.0 Å². The van der Waals surface area contributed by atoms with Crippen LogP contribution in [-0.2, 0) is 17.8 Å². The summed E-state index contributed by atoms with van der Waals surface area (Å²) in [5.74, 6) is 1.07. The highest BCUT2D eigenvalue weighted by molar-refractivity contribution is 5.75. The van der Waals surface area contributed by atoms with E-state index in [0.717, 1.165) is 30.7 Å². The lowest BCUT2D eigenvalue weighted by Gasteiger charge is -2.09. The van der Waals surface area contributed by atoms with Gasteiger partial charge in [-0.3, -0.25) is 4.79 Å². The summed E-state index contributed by atoms with van der Waals surface area (Å²) in [6, 6.07) is 8.28. The molecule has 0 atom stereocenters. The number of rotatable bonds is 11. The zero-order valence-electron chi connectivity index (χ0n) is 13.6. The van der Waals surface area contributed by atoms with Crippen LogP contribution < -0.4 is 5.32 Å². The molecule has 1 aromatic heterocycles. The van der Waals surface area contributed by atoms with Gasteiger partial charge in [0.05, 0.1) is 11.0 Å². The Kier molecular flexibility index (Phi) is 6.94. The number of amides is 1. The molecule has 120 valence electrons. The molecule has 1 heterocycles. The van der Waals surface area contributed by atoms with Crippen molar-refractivity contribution < 1.29 is 4.79 Å². The van der Waals surface area contributed by atoms with Gasteiger partial charge in [0.1, 0.15) is 5.82 Å². The fraction of sp³-hybridized carbons (Fsp3) is 0.556. The molecular weight excluding hydrogens is 274 g/mol. The number of carbonyl (C=O) groups excluding carboxylic acids is 1. The summed E-state index contributed by atoms with van der Waals surface area (Å²) in [6.07, 6.45) is 9.30. The van der Waals surface area contributed by atoms with Crippen LogP contribution in [0.3, 0.4) is 0 Å². The first kappa shape index (κ1) is 16.5. The van der Waals surface area contributed by atoms with Crippen LogP contribution in [0.5, 0.6) is 0 Å². The standard InChI is InChI=1S/C18H27N3O/c1-2-3-4-5-6-9-14-21-17-11-8-7-10-16(17)20-18(21)12-13-19-15-22/h7-8,10-11,15H,2-6,9,12-14H2,1H3,(H,19,22). The van der Waals surface area contributed by atoms with Crippen LogP contribution in [0.15, 0.2) is 24.3 Å². The molecule has 22 heavy (non-hydrogen) atoms. The largest absolute Gasteiger partial charge is 0.358 e. The van der Waals surface area contributed by atoms with Gasteiger partial charge in [-0.05, 0) is 18.6 Å². The number of aryl methyl sites for hydroxylation is 1. The Labute approximate surface area is 132 Å². The number of hydrogen-bond acceptors (Lipinski definition) is 2. The van der Waals surface area contributed by atoms with Crippen molar-refractivity contribution in [3.63, 3.8) is 0 Å². The van der Waals surface area contributed by atoms with Crippen molar-refractivity contribution in [2.24, 2.45) is 0 Å². The topological polar surface area (TPSA) is 46.9 Å². The van der Waals surface area contributed by atoms with Gasteiger partial charge in [0.25, 0.3) is 0 Å². The predicted molar refractivity (Wildman–Crippen MR) is 90.9 cm³/mol. The molecule has 0 saturated heterocycles. The molecule has 4 nitrogen and oxygen atoms in total. The van der Waals surface area contributed by atoms with Crippen LogP contribution in [0.1, 0.15) is 51.3 Å². The average Bonchev–Trinajstić information content (AvgIpc) is 2.89. The highest BCUT2D eigenvalue weighted by Gasteiger charge is 2.09. The minimum absolute atomic E-state index is 0.642. The zero-order valence-corrected chi connectivity index (χ0v) is 13.6. The highest BCUT2D eigenvalue weighted by Crippen LogP contribution is 2.18. The summed E-state index contributed by atoms with van der Waals surface area (Å²) in [7, 11) is 0. The van der Waals surface area contributed by atoms with Crippen molar-refractivity contribution in [2.75, 3.05) is 6.54 Å². The van der Waals surface area contributed by atoms with E-state index >= 15 is 0 Å². The van der Waals surface area contributed by atoms with Crippen molar-refractivity contribution in [3.8, 4) is 0 Å². The minimum Gasteiger partial charge on any atom is -0.358 e. The highest BCUT2D eigenvalue weighted by atomic mass is 16.1. The first-order valence-corrected chi connectivity index (χ1v) is 8.48. The molecule has 2 aromatic rings. The molecule has 1 N–H and O–H groups in total. The molecule has 0 spiro atoms. The lowest BCUT2D eigenvalue weighted by molar-refractivity contribution is -0.109. The summed E-state index contributed by atoms with van der Waals surface area (Å²) in [6.45, 7) is 3.91. The molecule has 0 saturated carbocycles. The third kappa shape index (κ3) is 4.58. The van der Waals surface area contributed by atoms with E-state index in [0.29, 0.717) is 6.54 Å². The van der Waals surface area contributed by atoms with Crippen molar-refractivity contribution >= 4 is 17.4 Å². The summed E-state index contributed by atoms with van der Waals surface area (Å²) in [5.41, 5.74) is 2.26. The fourth-order valence-corrected chi connectivity index (χ4v) is 2.86. The Hall–Kier alpha value is -1.84. The van der Waals surface area contributed by atoms with Crippen LogP contribution in [0, 0.1) is 0 Å². The Bertz CT molecular complexity index is 577. The monoisotopic (exact) mass is 301 g/mol. The Balaban J connectivity index is 1.98. The van der Waals surface area contributed by atoms with Crippen LogP contribution in [-0.4, -0.2) is 22.5 Å². The molecule has 4 heteroatoms. The number of hydrogen-bond donors (Lipinski definition) is 1. The van der Waals surface area contributed by atoms with E-state index < -0.39 is 0 Å². The van der Waals surface area contributed by atoms with Gasteiger partial charge < -0.3 is 9.88 Å². The van der Waals surface area contributed by atoms with Crippen LogP contribution in [0.2, 0.25) is 0 Å². The maximum absolute atomic E-state index is 10.4. The van der Waals surface area contributed by atoms with E-state index in [1.807, 2.05) is 6.07 Å². The second-order valence-electron chi connectivity index (χ2n) is 5.76. The maximum atomic E-state index is 10.4. The van der Waals surface area contributed by atoms with Crippen molar-refractivity contribution in [1.82, 2.24) is 14.9 Å². The minimum atomic E-state index is 0.642. The molecule has 0 fully saturated rings. The Morgan fingerprint density at radius 2 is 1.91 bits per heavy atom. The summed E-state index contributed by atoms with van der Waals surface area (Å²) >= 11 is 0. The van der Waals surface area contributed by atoms with Gasteiger partial charge in [0, 0.05) is 19.5 Å². The molecule has 2 rings (SSSR count). The molecule has 0 unspecified atom stereocenters. The third-order valence-electron chi connectivity index (χ3n) is 4.05. The number of para-hydroxylation sites is 2. The Morgan fingerprint density at radius 3 is 2.73 bits per heavy atom. The second-order valence-corrected chi connectivity index (χ2v) is 5.76. The zero-order chi connectivity index (χ0) is 15.6. The Morgan fingerprint density at radius 1 is 1.14 bits per heavy atom. The second kappa shape index (κ2) is 9.23. The normalized spacial score (nSPS) is 11.0. The van der Waals surface area contributed by atoms with Gasteiger partial charge in [0.15, 0.2) is 0 Å². The van der Waals surface area contributed by atoms with Gasteiger partial charge >= 0.3 is 0 Å². The van der Waals surface area contributed by atoms with Gasteiger partial charge in [-0.1, -0.05) is 51.2 Å². The van der Waals surface area contributed by atoms with Gasteiger partial charge in [-0.25, -0.2) is 4.98 Å². The number of nitrogens with zero attached hydrogens (tertiary/aromatic N) is 2. The van der Waals surface area contributed by atoms with Gasteiger partial charge in [-0.2, -0.15) is 0 Å². The lowest BCUT2D eigenvalue weighted by Crippen LogP contribution is -2.17. The average molecular weight is 301 g/mol. The lowest BCUT2D eigenvalue weighted by atomic mass is 10.1. The molecule has 0 aliphatic carbocycles. The number of unbranched alkanes of at least 4 members (excludes halogenated alkanes) is 5. The quantitative estimate of drug-likeness (QED) is 0.508. The van der Waals surface area contributed by atoms with Crippen molar-refractivity contribution in [3.05, 3.63) is 30.1 Å². The van der Waals surface area contributed by atoms with Crippen LogP contribution in [0.25, 0.3) is 11.0 Å².